The minimum absolute atomic E-state index is 0.265. The molecule has 0 spiro atoms. The number of pyridine rings is 1. The van der Waals surface area contributed by atoms with Crippen molar-refractivity contribution >= 4 is 12.6 Å². The number of hydrogen-bond donors (Lipinski definition) is 0. The van der Waals surface area contributed by atoms with E-state index in [2.05, 4.69) is 38.7 Å². The first-order valence-corrected chi connectivity index (χ1v) is 7.70. The second-order valence-corrected chi connectivity index (χ2v) is 7.07. The van der Waals surface area contributed by atoms with E-state index in [4.69, 9.17) is 9.31 Å². The van der Waals surface area contributed by atoms with Crippen LogP contribution in [0, 0.1) is 0 Å². The van der Waals surface area contributed by atoms with Crippen molar-refractivity contribution in [1.29, 1.82) is 0 Å². The minimum Gasteiger partial charge on any atom is -0.399 e. The molecule has 1 aliphatic heterocycles. The van der Waals surface area contributed by atoms with Gasteiger partial charge >= 0.3 is 7.12 Å². The fourth-order valence-electron chi connectivity index (χ4n) is 3.18. The van der Waals surface area contributed by atoms with Gasteiger partial charge in [-0.25, -0.2) is 0 Å². The second kappa shape index (κ2) is 4.85. The van der Waals surface area contributed by atoms with Crippen LogP contribution >= 0.6 is 0 Å². The molecule has 20 heavy (non-hydrogen) atoms. The second-order valence-electron chi connectivity index (χ2n) is 7.07. The molecule has 1 saturated carbocycles. The van der Waals surface area contributed by atoms with Crippen molar-refractivity contribution < 1.29 is 9.31 Å². The van der Waals surface area contributed by atoms with Gasteiger partial charge in [0.15, 0.2) is 0 Å². The predicted molar refractivity (Wildman–Crippen MR) is 81.2 cm³/mol. The molecule has 1 aliphatic carbocycles. The smallest absolute Gasteiger partial charge is 0.399 e. The average Bonchev–Trinajstić information content (AvgIpc) is 2.97. The molecule has 0 N–H and O–H groups in total. The Labute approximate surface area is 122 Å². The molecule has 3 nitrogen and oxygen atoms in total. The van der Waals surface area contributed by atoms with Crippen LogP contribution < -0.4 is 5.46 Å². The topological polar surface area (TPSA) is 31.4 Å². The lowest BCUT2D eigenvalue weighted by molar-refractivity contribution is 0.00578. The first kappa shape index (κ1) is 14.1. The summed E-state index contributed by atoms with van der Waals surface area (Å²) in [5, 5.41) is 0. The van der Waals surface area contributed by atoms with E-state index in [1.165, 1.54) is 36.7 Å². The zero-order chi connectivity index (χ0) is 14.4. The third kappa shape index (κ3) is 2.29. The van der Waals surface area contributed by atoms with Crippen LogP contribution in [0.1, 0.15) is 64.9 Å². The van der Waals surface area contributed by atoms with E-state index in [0.29, 0.717) is 5.92 Å². The van der Waals surface area contributed by atoms with Crippen LogP contribution in [0.3, 0.4) is 0 Å². The molecule has 1 saturated heterocycles. The Hall–Kier alpha value is -0.865. The van der Waals surface area contributed by atoms with E-state index in [-0.39, 0.29) is 18.3 Å². The van der Waals surface area contributed by atoms with Gasteiger partial charge in [0.05, 0.1) is 11.2 Å². The highest BCUT2D eigenvalue weighted by Gasteiger charge is 2.52. The summed E-state index contributed by atoms with van der Waals surface area (Å²) < 4.78 is 12.4. The predicted octanol–water partition coefficient (Wildman–Crippen LogP) is 3.04. The highest BCUT2D eigenvalue weighted by Crippen LogP contribution is 2.38. The largest absolute Gasteiger partial charge is 0.495 e. The van der Waals surface area contributed by atoms with Crippen LogP contribution in [0.5, 0.6) is 0 Å². The minimum atomic E-state index is -0.284. The molecule has 1 aromatic heterocycles. The Morgan fingerprint density at radius 1 is 1.10 bits per heavy atom. The molecule has 2 aliphatic rings. The zero-order valence-electron chi connectivity index (χ0n) is 13.0. The highest BCUT2D eigenvalue weighted by atomic mass is 16.7. The molecule has 0 amide bonds. The third-order valence-corrected chi connectivity index (χ3v) is 5.19. The van der Waals surface area contributed by atoms with Crippen LogP contribution in [0.25, 0.3) is 0 Å². The molecule has 0 unspecified atom stereocenters. The summed E-state index contributed by atoms with van der Waals surface area (Å²) in [5.41, 5.74) is 1.93. The molecule has 0 atom stereocenters. The maximum Gasteiger partial charge on any atom is 0.495 e. The number of nitrogens with zero attached hydrogens (tertiary/aromatic N) is 1. The summed E-state index contributed by atoms with van der Waals surface area (Å²) >= 11 is 0. The first-order chi connectivity index (χ1) is 9.41. The molecule has 1 aromatic rings. The van der Waals surface area contributed by atoms with E-state index in [1.807, 2.05) is 12.4 Å². The van der Waals surface area contributed by atoms with Crippen molar-refractivity contribution in [2.75, 3.05) is 0 Å². The Balaban J connectivity index is 1.92. The van der Waals surface area contributed by atoms with Gasteiger partial charge < -0.3 is 9.31 Å². The van der Waals surface area contributed by atoms with Crippen LogP contribution in [-0.4, -0.2) is 23.3 Å². The fourth-order valence-corrected chi connectivity index (χ4v) is 3.18. The van der Waals surface area contributed by atoms with Gasteiger partial charge in [0, 0.05) is 12.4 Å². The summed E-state index contributed by atoms with van der Waals surface area (Å²) in [4.78, 5) is 4.32. The summed E-state index contributed by atoms with van der Waals surface area (Å²) in [7, 11) is -0.265. The van der Waals surface area contributed by atoms with Crippen molar-refractivity contribution in [3.05, 3.63) is 24.0 Å². The summed E-state index contributed by atoms with van der Waals surface area (Å²) in [5.74, 6) is 0.623. The molecular formula is C16H24BNO2. The van der Waals surface area contributed by atoms with Crippen molar-refractivity contribution in [3.63, 3.8) is 0 Å². The SMILES string of the molecule is CC1(C)OB(c2ccncc2C2CCCC2)OC1(C)C. The van der Waals surface area contributed by atoms with Crippen molar-refractivity contribution in [2.24, 2.45) is 0 Å². The maximum atomic E-state index is 6.20. The Bertz CT molecular complexity index is 479. The van der Waals surface area contributed by atoms with Crippen LogP contribution in [0.15, 0.2) is 18.5 Å². The van der Waals surface area contributed by atoms with Crippen molar-refractivity contribution in [3.8, 4) is 0 Å². The van der Waals surface area contributed by atoms with Crippen LogP contribution in [0.2, 0.25) is 0 Å². The van der Waals surface area contributed by atoms with E-state index in [0.717, 1.165) is 0 Å². The van der Waals surface area contributed by atoms with Crippen LogP contribution in [0.4, 0.5) is 0 Å². The molecule has 108 valence electrons. The zero-order valence-corrected chi connectivity index (χ0v) is 13.0. The molecule has 2 heterocycles. The van der Waals surface area contributed by atoms with Gasteiger partial charge in [-0.15, -0.1) is 0 Å². The maximum absolute atomic E-state index is 6.20. The molecule has 0 radical (unpaired) electrons. The molecular weight excluding hydrogens is 249 g/mol. The lowest BCUT2D eigenvalue weighted by Crippen LogP contribution is -2.41. The van der Waals surface area contributed by atoms with Crippen molar-refractivity contribution in [2.45, 2.75) is 70.5 Å². The highest BCUT2D eigenvalue weighted by molar-refractivity contribution is 6.62. The van der Waals surface area contributed by atoms with Gasteiger partial charge in [0.2, 0.25) is 0 Å². The lowest BCUT2D eigenvalue weighted by atomic mass is 9.73. The number of rotatable bonds is 2. The summed E-state index contributed by atoms with van der Waals surface area (Å²) in [6.07, 6.45) is 9.02. The van der Waals surface area contributed by atoms with Gasteiger partial charge in [-0.05, 0) is 63.5 Å². The monoisotopic (exact) mass is 273 g/mol. The summed E-state index contributed by atoms with van der Waals surface area (Å²) in [6, 6.07) is 2.07. The number of aromatic nitrogens is 1. The van der Waals surface area contributed by atoms with Gasteiger partial charge in [-0.1, -0.05) is 12.8 Å². The quantitative estimate of drug-likeness (QED) is 0.776. The van der Waals surface area contributed by atoms with Gasteiger partial charge in [-0.3, -0.25) is 4.98 Å². The van der Waals surface area contributed by atoms with Gasteiger partial charge in [0.1, 0.15) is 0 Å². The Morgan fingerprint density at radius 3 is 2.30 bits per heavy atom. The third-order valence-electron chi connectivity index (χ3n) is 5.19. The molecule has 0 aromatic carbocycles. The average molecular weight is 273 g/mol. The molecule has 0 bridgehead atoms. The fraction of sp³-hybridized carbons (Fsp3) is 0.688. The first-order valence-electron chi connectivity index (χ1n) is 7.70. The van der Waals surface area contributed by atoms with E-state index in [1.54, 1.807) is 0 Å². The molecule has 4 heteroatoms. The van der Waals surface area contributed by atoms with Crippen LogP contribution in [-0.2, 0) is 9.31 Å². The molecule has 2 fully saturated rings. The standard InChI is InChI=1S/C16H24BNO2/c1-15(2)16(3,4)20-17(19-15)14-9-10-18-11-13(14)12-7-5-6-8-12/h9-12H,5-8H2,1-4H3. The summed E-state index contributed by atoms with van der Waals surface area (Å²) in [6.45, 7) is 8.40. The van der Waals surface area contributed by atoms with Gasteiger partial charge in [0.25, 0.3) is 0 Å². The van der Waals surface area contributed by atoms with E-state index in [9.17, 15) is 0 Å². The van der Waals surface area contributed by atoms with E-state index < -0.39 is 0 Å². The van der Waals surface area contributed by atoms with E-state index >= 15 is 0 Å². The molecule has 3 rings (SSSR count). The lowest BCUT2D eigenvalue weighted by Gasteiger charge is -2.32. The Kier molecular flexibility index (Phi) is 3.42. The normalized spacial score (nSPS) is 25.3. The van der Waals surface area contributed by atoms with Crippen molar-refractivity contribution in [1.82, 2.24) is 4.98 Å². The van der Waals surface area contributed by atoms with Gasteiger partial charge in [-0.2, -0.15) is 0 Å². The Morgan fingerprint density at radius 2 is 1.70 bits per heavy atom. The number of hydrogen-bond acceptors (Lipinski definition) is 3.